The third kappa shape index (κ3) is 10.5. The van der Waals surface area contributed by atoms with Gasteiger partial charge in [-0.1, -0.05) is 194 Å². The minimum atomic E-state index is -0.432. The van der Waals surface area contributed by atoms with Gasteiger partial charge in [0.05, 0.1) is 33.6 Å². The molecule has 6 heterocycles. The van der Waals surface area contributed by atoms with Gasteiger partial charge in [-0.25, -0.2) is 0 Å². The monoisotopic (exact) mass is 1260 g/mol. The summed E-state index contributed by atoms with van der Waals surface area (Å²) in [5.41, 5.74) is 13.1. The Balaban J connectivity index is 0.000000113. The molecule has 0 aliphatic carbocycles. The highest BCUT2D eigenvalue weighted by Gasteiger charge is 2.54. The van der Waals surface area contributed by atoms with Crippen molar-refractivity contribution < 1.29 is 41.2 Å². The van der Waals surface area contributed by atoms with Gasteiger partial charge in [0.25, 0.3) is 0 Å². The quantitative estimate of drug-likeness (QED) is 0.151. The van der Waals surface area contributed by atoms with Crippen molar-refractivity contribution >= 4 is 136 Å². The lowest BCUT2D eigenvalue weighted by Crippen LogP contribution is -2.41. The summed E-state index contributed by atoms with van der Waals surface area (Å²) in [4.78, 5) is 0. The first kappa shape index (κ1) is 61.6. The molecule has 0 spiro atoms. The topological polar surface area (TPSA) is 94.8 Å². The van der Waals surface area contributed by atoms with Crippen LogP contribution in [0.15, 0.2) is 250 Å². The van der Waals surface area contributed by atoms with Crippen molar-refractivity contribution in [3.8, 4) is 33.4 Å². The van der Waals surface area contributed by atoms with E-state index in [9.17, 15) is 0 Å². The van der Waals surface area contributed by atoms with Crippen molar-refractivity contribution in [2.45, 2.75) is 117 Å². The van der Waals surface area contributed by atoms with E-state index in [0.717, 1.165) is 104 Å². The number of benzene rings is 12. The number of hydrogen-bond acceptors (Lipinski definition) is 9. The van der Waals surface area contributed by atoms with Crippen molar-refractivity contribution in [2.75, 3.05) is 0 Å². The van der Waals surface area contributed by atoms with Gasteiger partial charge in [-0.15, -0.1) is 0 Å². The minimum absolute atomic E-state index is 0.343. The number of hydrogen-bond donors (Lipinski definition) is 0. The lowest BCUT2D eigenvalue weighted by Gasteiger charge is -2.32. The summed E-state index contributed by atoms with van der Waals surface area (Å²) in [6.07, 6.45) is 0. The number of para-hydroxylation sites is 3. The number of furan rings is 3. The van der Waals surface area contributed by atoms with E-state index in [2.05, 4.69) is 301 Å². The Kier molecular flexibility index (Phi) is 14.6. The van der Waals surface area contributed by atoms with Crippen LogP contribution < -0.4 is 16.4 Å². The zero-order valence-electron chi connectivity index (χ0n) is 56.4. The average Bonchev–Trinajstić information content (AvgIpc) is 1.58. The molecular formula is C84H75B3O9. The summed E-state index contributed by atoms with van der Waals surface area (Å²) in [6.45, 7) is 25.0. The number of rotatable bonds is 6. The van der Waals surface area contributed by atoms with Gasteiger partial charge >= 0.3 is 21.4 Å². The Labute approximate surface area is 560 Å². The SMILES string of the molecule is CC1(C)OB(c2ccc(-c3cccc4c3oc3cc5ccccc5cc34)cc2)OC1(C)C.CC1(C)OB(c2ccc(-c3cccc4cc5oc6ccccc6c5cc34)cc2)OC1(C)C.CC1(C)OB(c2ccccc2-c2cccc3c2oc2cc4ccccc4cc23)OC1(C)C. The highest BCUT2D eigenvalue weighted by molar-refractivity contribution is 6.64. The summed E-state index contributed by atoms with van der Waals surface area (Å²) in [6, 6.07) is 82.5. The molecule has 0 radical (unpaired) electrons. The number of fused-ring (bicyclic) bond motifs is 12. The first-order valence-electron chi connectivity index (χ1n) is 33.4. The molecule has 0 atom stereocenters. The van der Waals surface area contributed by atoms with E-state index in [-0.39, 0.29) is 36.6 Å². The smallest absolute Gasteiger partial charge is 0.456 e. The van der Waals surface area contributed by atoms with E-state index in [1.165, 1.54) is 43.4 Å². The van der Waals surface area contributed by atoms with Crippen LogP contribution in [-0.4, -0.2) is 55.0 Å². The van der Waals surface area contributed by atoms with Crippen LogP contribution in [0.3, 0.4) is 0 Å². The molecule has 3 aliphatic heterocycles. The molecule has 3 aliphatic rings. The van der Waals surface area contributed by atoms with E-state index in [1.54, 1.807) is 0 Å². The summed E-state index contributed by atoms with van der Waals surface area (Å²) < 4.78 is 56.5. The average molecular weight is 1260 g/mol. The zero-order chi connectivity index (χ0) is 66.3. The maximum absolute atomic E-state index is 6.46. The second-order valence-electron chi connectivity index (χ2n) is 29.0. The first-order valence-corrected chi connectivity index (χ1v) is 33.4. The van der Waals surface area contributed by atoms with Gasteiger partial charge in [-0.2, -0.15) is 0 Å². The summed E-state index contributed by atoms with van der Waals surface area (Å²) in [5.74, 6) is 0. The van der Waals surface area contributed by atoms with Crippen molar-refractivity contribution in [1.29, 1.82) is 0 Å². The molecule has 0 unspecified atom stereocenters. The largest absolute Gasteiger partial charge is 0.495 e. The normalized spacial score (nSPS) is 17.6. The molecule has 0 saturated carbocycles. The molecule has 3 fully saturated rings. The standard InChI is InChI=1S/3C28H25BO3/c1-27(2)28(3,4)32-29(31-27)24-15-8-7-12-20(24)21-13-9-14-22-23-16-18-10-5-6-11-19(18)17-25(23)30-26(21)22;1-27(2)28(3,4)32-29(31-27)20-14-12-18(13-15-20)21-10-7-8-19-16-26-24(17-23(19)21)22-9-5-6-11-25(22)30-26;1-27(2)28(3,4)32-29(31-27)21-14-12-18(13-15-21)22-10-7-11-23-24-16-19-8-5-6-9-20(19)17-25(24)30-26(22)23/h3*5-17H,1-4H3. The van der Waals surface area contributed by atoms with Crippen LogP contribution >= 0.6 is 0 Å². The van der Waals surface area contributed by atoms with Crippen LogP contribution in [0.2, 0.25) is 0 Å². The summed E-state index contributed by atoms with van der Waals surface area (Å²) in [7, 11) is -1.14. The van der Waals surface area contributed by atoms with E-state index in [0.29, 0.717) is 0 Å². The zero-order valence-corrected chi connectivity index (χ0v) is 56.4. The van der Waals surface area contributed by atoms with E-state index in [1.807, 2.05) is 18.2 Å². The van der Waals surface area contributed by atoms with Crippen LogP contribution in [-0.2, 0) is 27.9 Å². The molecule has 96 heavy (non-hydrogen) atoms. The molecule has 18 rings (SSSR count). The maximum atomic E-state index is 6.46. The van der Waals surface area contributed by atoms with Gasteiger partial charge in [0, 0.05) is 43.4 Å². The second kappa shape index (κ2) is 22.7. The molecule has 474 valence electrons. The van der Waals surface area contributed by atoms with Crippen LogP contribution in [0.1, 0.15) is 83.1 Å². The molecule has 3 saturated heterocycles. The van der Waals surface area contributed by atoms with Crippen molar-refractivity contribution in [2.24, 2.45) is 0 Å². The third-order valence-electron chi connectivity index (χ3n) is 21.4. The maximum Gasteiger partial charge on any atom is 0.495 e. The lowest BCUT2D eigenvalue weighted by molar-refractivity contribution is 0.00578. The first-order chi connectivity index (χ1) is 46.0. The van der Waals surface area contributed by atoms with E-state index >= 15 is 0 Å². The van der Waals surface area contributed by atoms with Gasteiger partial charge in [-0.05, 0) is 197 Å². The Morgan fingerprint density at radius 2 is 0.583 bits per heavy atom. The minimum Gasteiger partial charge on any atom is -0.456 e. The fourth-order valence-electron chi connectivity index (χ4n) is 13.7. The van der Waals surface area contributed by atoms with Crippen LogP contribution in [0.4, 0.5) is 0 Å². The Morgan fingerprint density at radius 3 is 1.11 bits per heavy atom. The molecule has 0 N–H and O–H groups in total. The Bertz CT molecular complexity index is 5490. The predicted molar refractivity (Wildman–Crippen MR) is 397 cm³/mol. The van der Waals surface area contributed by atoms with E-state index < -0.39 is 18.3 Å². The van der Waals surface area contributed by atoms with Gasteiger partial charge in [0.1, 0.15) is 33.5 Å². The fraction of sp³-hybridized carbons (Fsp3) is 0.214. The molecule has 3 aromatic heterocycles. The third-order valence-corrected chi connectivity index (χ3v) is 21.4. The second-order valence-corrected chi connectivity index (χ2v) is 29.0. The van der Waals surface area contributed by atoms with Crippen molar-refractivity contribution in [3.05, 3.63) is 237 Å². The van der Waals surface area contributed by atoms with Crippen molar-refractivity contribution in [3.63, 3.8) is 0 Å². The highest BCUT2D eigenvalue weighted by atomic mass is 16.7. The predicted octanol–water partition coefficient (Wildman–Crippen LogP) is 20.1. The van der Waals surface area contributed by atoms with Crippen LogP contribution in [0.5, 0.6) is 0 Å². The van der Waals surface area contributed by atoms with Crippen LogP contribution in [0, 0.1) is 0 Å². The Morgan fingerprint density at radius 1 is 0.229 bits per heavy atom. The molecule has 12 aromatic carbocycles. The lowest BCUT2D eigenvalue weighted by atomic mass is 9.74. The van der Waals surface area contributed by atoms with Crippen LogP contribution in [0.25, 0.3) is 132 Å². The molecule has 12 heteroatoms. The van der Waals surface area contributed by atoms with E-state index in [4.69, 9.17) is 41.2 Å². The van der Waals surface area contributed by atoms with Gasteiger partial charge < -0.3 is 41.2 Å². The van der Waals surface area contributed by atoms with Gasteiger partial charge in [0.15, 0.2) is 0 Å². The Hall–Kier alpha value is -9.23. The molecular weight excluding hydrogens is 1190 g/mol. The van der Waals surface area contributed by atoms with Gasteiger partial charge in [-0.3, -0.25) is 0 Å². The highest BCUT2D eigenvalue weighted by Crippen LogP contribution is 2.44. The molecule has 15 aromatic rings. The molecule has 9 nitrogen and oxygen atoms in total. The molecule has 0 bridgehead atoms. The fourth-order valence-corrected chi connectivity index (χ4v) is 13.7. The molecule has 0 amide bonds. The summed E-state index contributed by atoms with van der Waals surface area (Å²) in [5, 5.41) is 14.0. The summed E-state index contributed by atoms with van der Waals surface area (Å²) >= 11 is 0. The van der Waals surface area contributed by atoms with Gasteiger partial charge in [0.2, 0.25) is 0 Å². The van der Waals surface area contributed by atoms with Crippen molar-refractivity contribution in [1.82, 2.24) is 0 Å².